The third-order valence-electron chi connectivity index (χ3n) is 5.77. The molecule has 0 aliphatic rings. The van der Waals surface area contributed by atoms with Crippen molar-refractivity contribution >= 4 is 11.5 Å². The number of amides is 1. The summed E-state index contributed by atoms with van der Waals surface area (Å²) in [7, 11) is 0. The normalized spacial score (nSPS) is 11.3. The van der Waals surface area contributed by atoms with Crippen LogP contribution in [0.1, 0.15) is 83.8 Å². The van der Waals surface area contributed by atoms with Crippen molar-refractivity contribution < 1.29 is 19.4 Å². The maximum atomic E-state index is 12.2. The molecule has 0 aliphatic carbocycles. The quantitative estimate of drug-likeness (QED) is 0.253. The number of nitrogens with two attached hydrogens (primary N) is 1. The van der Waals surface area contributed by atoms with E-state index in [1.807, 2.05) is 26.0 Å². The Kier molecular flexibility index (Phi) is 20.4. The highest BCUT2D eigenvalue weighted by Crippen LogP contribution is 2.30. The van der Waals surface area contributed by atoms with Crippen molar-refractivity contribution in [2.24, 2.45) is 11.7 Å². The number of allylic oxidation sites excluding steroid dienone is 1. The summed E-state index contributed by atoms with van der Waals surface area (Å²) in [6.45, 7) is 14.6. The van der Waals surface area contributed by atoms with Gasteiger partial charge in [0, 0.05) is 38.5 Å². The molecule has 0 fully saturated rings. The third kappa shape index (κ3) is 15.9. The van der Waals surface area contributed by atoms with E-state index >= 15 is 0 Å². The molecule has 4 N–H and O–H groups in total. The van der Waals surface area contributed by atoms with Crippen molar-refractivity contribution in [1.82, 2.24) is 5.32 Å². The van der Waals surface area contributed by atoms with Crippen molar-refractivity contribution in [2.75, 3.05) is 39.5 Å². The number of aryl methyl sites for hydroxylation is 1. The number of hydrogen-bond acceptors (Lipinski definition) is 5. The lowest BCUT2D eigenvalue weighted by Crippen LogP contribution is -2.25. The molecule has 0 aromatic heterocycles. The summed E-state index contributed by atoms with van der Waals surface area (Å²) in [6, 6.07) is 5.38. The van der Waals surface area contributed by atoms with Gasteiger partial charge in [-0.25, -0.2) is 0 Å². The number of nitrogens with one attached hydrogen (secondary N) is 1. The summed E-state index contributed by atoms with van der Waals surface area (Å²) in [5.41, 5.74) is 7.93. The molecule has 0 heterocycles. The minimum absolute atomic E-state index is 0.0506. The monoisotopic (exact) mass is 478 g/mol. The number of hydrogen-bond donors (Lipinski definition) is 3. The van der Waals surface area contributed by atoms with Crippen molar-refractivity contribution in [3.05, 3.63) is 35.4 Å². The molecule has 196 valence electrons. The van der Waals surface area contributed by atoms with Crippen LogP contribution >= 0.6 is 0 Å². The zero-order valence-corrected chi connectivity index (χ0v) is 22.3. The van der Waals surface area contributed by atoms with Gasteiger partial charge in [-0.05, 0) is 69.2 Å². The predicted octanol–water partition coefficient (Wildman–Crippen LogP) is 5.61. The molecular weight excluding hydrogens is 428 g/mol. The lowest BCUT2D eigenvalue weighted by atomic mass is 9.96. The average molecular weight is 479 g/mol. The van der Waals surface area contributed by atoms with E-state index in [1.165, 1.54) is 12.8 Å². The molecule has 1 aromatic rings. The summed E-state index contributed by atoms with van der Waals surface area (Å²) in [5, 5.41) is 13.0. The number of aromatic hydroxyl groups is 1. The minimum Gasteiger partial charge on any atom is -0.507 e. The molecule has 1 rings (SSSR count). The van der Waals surface area contributed by atoms with Gasteiger partial charge >= 0.3 is 0 Å². The fraction of sp³-hybridized carbons (Fsp3) is 0.679. The Balaban J connectivity index is 0.00000160. The molecule has 6 nitrogen and oxygen atoms in total. The lowest BCUT2D eigenvalue weighted by Gasteiger charge is -2.13. The number of carbonyl (C=O) groups excluding carboxylic acids is 1. The minimum atomic E-state index is -0.0506. The molecule has 0 bridgehead atoms. The van der Waals surface area contributed by atoms with Crippen LogP contribution in [0.2, 0.25) is 0 Å². The van der Waals surface area contributed by atoms with Crippen LogP contribution in [0.5, 0.6) is 5.75 Å². The summed E-state index contributed by atoms with van der Waals surface area (Å²) < 4.78 is 11.0. The van der Waals surface area contributed by atoms with Crippen LogP contribution in [0.4, 0.5) is 0 Å². The van der Waals surface area contributed by atoms with Gasteiger partial charge in [0.25, 0.3) is 0 Å². The van der Waals surface area contributed by atoms with Crippen LogP contribution in [0.15, 0.2) is 24.3 Å². The Morgan fingerprint density at radius 3 is 2.15 bits per heavy atom. The molecule has 0 spiro atoms. The number of unbranched alkanes of at least 4 members (excludes halogenated alkanes) is 1. The highest BCUT2D eigenvalue weighted by molar-refractivity contribution is 5.90. The van der Waals surface area contributed by atoms with E-state index in [2.05, 4.69) is 26.1 Å². The maximum absolute atomic E-state index is 12.2. The summed E-state index contributed by atoms with van der Waals surface area (Å²) >= 11 is 0. The van der Waals surface area contributed by atoms with E-state index in [0.717, 1.165) is 61.5 Å². The third-order valence-corrected chi connectivity index (χ3v) is 5.77. The van der Waals surface area contributed by atoms with Gasteiger partial charge in [-0.1, -0.05) is 51.8 Å². The molecule has 34 heavy (non-hydrogen) atoms. The SMILES string of the molecule is C/C=C(/CC(=O)NCCCOCCCCOCCCN)c1c(C)cccc1O.CCC(C)CC. The summed E-state index contributed by atoms with van der Waals surface area (Å²) in [5.74, 6) is 1.09. The first-order valence-electron chi connectivity index (χ1n) is 13.0. The second-order valence-corrected chi connectivity index (χ2v) is 8.66. The number of benzene rings is 1. The first-order valence-corrected chi connectivity index (χ1v) is 13.0. The Hall–Kier alpha value is -1.89. The average Bonchev–Trinajstić information content (AvgIpc) is 2.83. The Morgan fingerprint density at radius 1 is 1.06 bits per heavy atom. The van der Waals surface area contributed by atoms with Crippen LogP contribution in [-0.4, -0.2) is 50.5 Å². The van der Waals surface area contributed by atoms with E-state index in [9.17, 15) is 9.90 Å². The van der Waals surface area contributed by atoms with Gasteiger partial charge in [0.2, 0.25) is 5.91 Å². The second-order valence-electron chi connectivity index (χ2n) is 8.66. The number of rotatable bonds is 17. The van der Waals surface area contributed by atoms with Crippen molar-refractivity contribution in [3.8, 4) is 5.75 Å². The summed E-state index contributed by atoms with van der Waals surface area (Å²) in [6.07, 6.45) is 8.43. The second kappa shape index (κ2) is 21.6. The molecule has 6 heteroatoms. The van der Waals surface area contributed by atoms with Crippen molar-refractivity contribution in [3.63, 3.8) is 0 Å². The highest BCUT2D eigenvalue weighted by Gasteiger charge is 2.13. The van der Waals surface area contributed by atoms with Crippen molar-refractivity contribution in [2.45, 2.75) is 79.6 Å². The van der Waals surface area contributed by atoms with Gasteiger partial charge in [-0.3, -0.25) is 4.79 Å². The lowest BCUT2D eigenvalue weighted by molar-refractivity contribution is -0.120. The molecule has 0 radical (unpaired) electrons. The molecular formula is C28H50N2O4. The zero-order valence-electron chi connectivity index (χ0n) is 22.3. The molecule has 0 atom stereocenters. The Bertz CT molecular complexity index is 652. The molecule has 1 aromatic carbocycles. The summed E-state index contributed by atoms with van der Waals surface area (Å²) in [4.78, 5) is 12.2. The molecule has 0 saturated heterocycles. The van der Waals surface area contributed by atoms with Crippen LogP contribution in [0.25, 0.3) is 5.57 Å². The standard InChI is InChI=1S/C22H36N2O4.C6H14/c1-3-19(22-18(2)9-6-10-20(22)25)17-21(26)24-12-8-16-28-14-5-4-13-27-15-7-11-23;1-4-6(3)5-2/h3,6,9-10,25H,4-5,7-8,11-17,23H2,1-2H3,(H,24,26);6H,4-5H2,1-3H3/b19-3-;. The first kappa shape index (κ1) is 32.1. The predicted molar refractivity (Wildman–Crippen MR) is 143 cm³/mol. The van der Waals surface area contributed by atoms with E-state index < -0.39 is 0 Å². The number of ether oxygens (including phenoxy) is 2. The molecule has 0 unspecified atom stereocenters. The number of phenolic OH excluding ortho intramolecular Hbond substituents is 1. The molecule has 0 aliphatic heterocycles. The van der Waals surface area contributed by atoms with Crippen LogP contribution < -0.4 is 11.1 Å². The number of carbonyl (C=O) groups is 1. The Labute approximate surface area is 208 Å². The van der Waals surface area contributed by atoms with Crippen LogP contribution in [-0.2, 0) is 14.3 Å². The van der Waals surface area contributed by atoms with Crippen molar-refractivity contribution in [1.29, 1.82) is 0 Å². The fourth-order valence-electron chi connectivity index (χ4n) is 3.13. The van der Waals surface area contributed by atoms with E-state index in [0.29, 0.717) is 26.3 Å². The Morgan fingerprint density at radius 2 is 1.65 bits per heavy atom. The van der Waals surface area contributed by atoms with Gasteiger partial charge in [0.1, 0.15) is 5.75 Å². The van der Waals surface area contributed by atoms with E-state index in [4.69, 9.17) is 15.2 Å². The van der Waals surface area contributed by atoms with Crippen LogP contribution in [0.3, 0.4) is 0 Å². The largest absolute Gasteiger partial charge is 0.507 e. The van der Waals surface area contributed by atoms with E-state index in [-0.39, 0.29) is 18.1 Å². The van der Waals surface area contributed by atoms with Gasteiger partial charge in [-0.2, -0.15) is 0 Å². The zero-order chi connectivity index (χ0) is 25.6. The number of phenols is 1. The van der Waals surface area contributed by atoms with E-state index in [1.54, 1.807) is 12.1 Å². The van der Waals surface area contributed by atoms with Gasteiger partial charge in [0.15, 0.2) is 0 Å². The topological polar surface area (TPSA) is 93.8 Å². The van der Waals surface area contributed by atoms with Gasteiger partial charge in [-0.15, -0.1) is 0 Å². The van der Waals surface area contributed by atoms with Crippen LogP contribution in [0, 0.1) is 12.8 Å². The maximum Gasteiger partial charge on any atom is 0.224 e. The highest BCUT2D eigenvalue weighted by atomic mass is 16.5. The smallest absolute Gasteiger partial charge is 0.224 e. The molecule has 0 saturated carbocycles. The molecule has 1 amide bonds. The van der Waals surface area contributed by atoms with Gasteiger partial charge < -0.3 is 25.6 Å². The fourth-order valence-corrected chi connectivity index (χ4v) is 3.13. The first-order chi connectivity index (χ1) is 16.4. The van der Waals surface area contributed by atoms with Gasteiger partial charge in [0.05, 0.1) is 6.42 Å².